The molecule has 0 spiro atoms. The highest BCUT2D eigenvalue weighted by atomic mass is 79.9. The molecule has 0 N–H and O–H groups in total. The molecule has 1 rings (SSSR count). The van der Waals surface area contributed by atoms with Crippen molar-refractivity contribution < 1.29 is 0 Å². The van der Waals surface area contributed by atoms with Gasteiger partial charge in [0.15, 0.2) is 0 Å². The third kappa shape index (κ3) is 2.15. The Morgan fingerprint density at radius 2 is 2.17 bits per heavy atom. The Kier molecular flexibility index (Phi) is 3.88. The van der Waals surface area contributed by atoms with Gasteiger partial charge in [-0.15, -0.1) is 11.6 Å². The second-order valence-electron chi connectivity index (χ2n) is 2.51. The maximum atomic E-state index is 6.09. The Bertz CT molecular complexity index is 253. The van der Waals surface area contributed by atoms with Gasteiger partial charge in [0.2, 0.25) is 0 Å². The zero-order chi connectivity index (χ0) is 9.14. The second kappa shape index (κ2) is 4.50. The molecule has 0 bridgehead atoms. The third-order valence-electron chi connectivity index (χ3n) is 1.67. The molecule has 0 aromatic heterocycles. The third-order valence-corrected chi connectivity index (χ3v) is 3.22. The molecule has 1 atom stereocenters. The van der Waals surface area contributed by atoms with E-state index in [1.54, 1.807) is 0 Å². The van der Waals surface area contributed by atoms with Crippen molar-refractivity contribution in [3.63, 3.8) is 0 Å². The Morgan fingerprint density at radius 3 is 2.67 bits per heavy atom. The molecular formula is C9H9BrCl2. The lowest BCUT2D eigenvalue weighted by Crippen LogP contribution is -1.90. The Labute approximate surface area is 91.0 Å². The van der Waals surface area contributed by atoms with Crippen molar-refractivity contribution in [3.8, 4) is 0 Å². The number of halogens is 3. The summed E-state index contributed by atoms with van der Waals surface area (Å²) in [5.41, 5.74) is 0.989. The molecule has 0 saturated carbocycles. The Morgan fingerprint density at radius 1 is 1.50 bits per heavy atom. The van der Waals surface area contributed by atoms with Gasteiger partial charge in [-0.25, -0.2) is 0 Å². The van der Waals surface area contributed by atoms with Gasteiger partial charge in [-0.05, 0) is 18.6 Å². The molecule has 1 aromatic carbocycles. The molecule has 1 aromatic rings. The number of hydrogen-bond donors (Lipinski definition) is 0. The minimum Gasteiger partial charge on any atom is -0.118 e. The molecule has 0 aliphatic carbocycles. The van der Waals surface area contributed by atoms with Crippen LogP contribution in [0, 0.1) is 0 Å². The average Bonchev–Trinajstić information content (AvgIpc) is 2.03. The summed E-state index contributed by atoms with van der Waals surface area (Å²) in [6.45, 7) is 2.04. The first kappa shape index (κ1) is 10.4. The number of benzene rings is 1. The molecule has 0 saturated heterocycles. The van der Waals surface area contributed by atoms with Crippen molar-refractivity contribution in [2.24, 2.45) is 0 Å². The fourth-order valence-electron chi connectivity index (χ4n) is 1.01. The van der Waals surface area contributed by atoms with E-state index in [4.69, 9.17) is 23.2 Å². The van der Waals surface area contributed by atoms with E-state index in [1.807, 2.05) is 25.1 Å². The zero-order valence-electron chi connectivity index (χ0n) is 6.65. The van der Waals surface area contributed by atoms with E-state index in [9.17, 15) is 0 Å². The summed E-state index contributed by atoms with van der Waals surface area (Å²) in [6.07, 6.45) is 0.879. The van der Waals surface area contributed by atoms with Crippen LogP contribution in [0.3, 0.4) is 0 Å². The van der Waals surface area contributed by atoms with Crippen LogP contribution < -0.4 is 0 Å². The predicted octanol–water partition coefficient (Wildman–Crippen LogP) is 4.79. The van der Waals surface area contributed by atoms with E-state index in [0.29, 0.717) is 0 Å². The van der Waals surface area contributed by atoms with Gasteiger partial charge in [0, 0.05) is 15.1 Å². The molecule has 12 heavy (non-hydrogen) atoms. The number of alkyl halides is 1. The molecule has 0 amide bonds. The SMILES string of the molecule is CCC(Cl)c1c(Cl)cccc1Br. The summed E-state index contributed by atoms with van der Waals surface area (Å²) >= 11 is 15.5. The number of hydrogen-bond acceptors (Lipinski definition) is 0. The van der Waals surface area contributed by atoms with Crippen LogP contribution in [-0.4, -0.2) is 0 Å². The summed E-state index contributed by atoms with van der Waals surface area (Å²) < 4.78 is 0.983. The van der Waals surface area contributed by atoms with Crippen LogP contribution >= 0.6 is 39.1 Å². The standard InChI is InChI=1S/C9H9BrCl2/c1-2-7(11)9-6(10)4-3-5-8(9)12/h3-5,7H,2H2,1H3. The molecule has 0 fully saturated rings. The van der Waals surface area contributed by atoms with Crippen molar-refractivity contribution in [2.75, 3.05) is 0 Å². The van der Waals surface area contributed by atoms with Gasteiger partial charge in [-0.1, -0.05) is 40.5 Å². The quantitative estimate of drug-likeness (QED) is 0.676. The molecule has 1 unspecified atom stereocenters. The maximum absolute atomic E-state index is 6.09. The highest BCUT2D eigenvalue weighted by Crippen LogP contribution is 2.35. The lowest BCUT2D eigenvalue weighted by Gasteiger charge is -2.10. The van der Waals surface area contributed by atoms with Gasteiger partial charge in [0.05, 0.1) is 5.38 Å². The minimum atomic E-state index is -0.00641. The van der Waals surface area contributed by atoms with Crippen LogP contribution in [-0.2, 0) is 0 Å². The van der Waals surface area contributed by atoms with E-state index in [0.717, 1.165) is 21.5 Å². The van der Waals surface area contributed by atoms with Crippen LogP contribution in [0.25, 0.3) is 0 Å². The normalized spacial score (nSPS) is 13.0. The highest BCUT2D eigenvalue weighted by Gasteiger charge is 2.12. The largest absolute Gasteiger partial charge is 0.118 e. The molecule has 3 heteroatoms. The van der Waals surface area contributed by atoms with Crippen molar-refractivity contribution in [1.29, 1.82) is 0 Å². The summed E-state index contributed by atoms with van der Waals surface area (Å²) in [5.74, 6) is 0. The van der Waals surface area contributed by atoms with Crippen LogP contribution in [0.1, 0.15) is 24.3 Å². The molecule has 66 valence electrons. The van der Waals surface area contributed by atoms with Crippen LogP contribution in [0.15, 0.2) is 22.7 Å². The van der Waals surface area contributed by atoms with Crippen LogP contribution in [0.4, 0.5) is 0 Å². The highest BCUT2D eigenvalue weighted by molar-refractivity contribution is 9.10. The molecule has 0 heterocycles. The van der Waals surface area contributed by atoms with Gasteiger partial charge < -0.3 is 0 Å². The van der Waals surface area contributed by atoms with Crippen molar-refractivity contribution in [2.45, 2.75) is 18.7 Å². The lowest BCUT2D eigenvalue weighted by molar-refractivity contribution is 0.879. The van der Waals surface area contributed by atoms with Crippen molar-refractivity contribution in [1.82, 2.24) is 0 Å². The first-order valence-corrected chi connectivity index (χ1v) is 5.35. The molecule has 0 radical (unpaired) electrons. The van der Waals surface area contributed by atoms with Gasteiger partial charge in [0.1, 0.15) is 0 Å². The van der Waals surface area contributed by atoms with E-state index in [2.05, 4.69) is 15.9 Å². The van der Waals surface area contributed by atoms with Crippen LogP contribution in [0.2, 0.25) is 5.02 Å². The fourth-order valence-corrected chi connectivity index (χ4v) is 2.50. The average molecular weight is 268 g/mol. The van der Waals surface area contributed by atoms with Gasteiger partial charge in [0.25, 0.3) is 0 Å². The topological polar surface area (TPSA) is 0 Å². The van der Waals surface area contributed by atoms with E-state index >= 15 is 0 Å². The zero-order valence-corrected chi connectivity index (χ0v) is 9.75. The van der Waals surface area contributed by atoms with E-state index < -0.39 is 0 Å². The Hall–Kier alpha value is 0.280. The smallest absolute Gasteiger partial charge is 0.0608 e. The summed E-state index contributed by atoms with van der Waals surface area (Å²) in [4.78, 5) is 0. The minimum absolute atomic E-state index is 0.00641. The van der Waals surface area contributed by atoms with Gasteiger partial charge in [-0.3, -0.25) is 0 Å². The fraction of sp³-hybridized carbons (Fsp3) is 0.333. The first-order valence-electron chi connectivity index (χ1n) is 3.74. The van der Waals surface area contributed by atoms with Gasteiger partial charge >= 0.3 is 0 Å². The second-order valence-corrected chi connectivity index (χ2v) is 4.30. The molecule has 0 aliphatic heterocycles. The molecular weight excluding hydrogens is 259 g/mol. The maximum Gasteiger partial charge on any atom is 0.0608 e. The number of rotatable bonds is 2. The van der Waals surface area contributed by atoms with Crippen molar-refractivity contribution >= 4 is 39.1 Å². The van der Waals surface area contributed by atoms with Crippen LogP contribution in [0.5, 0.6) is 0 Å². The predicted molar refractivity (Wildman–Crippen MR) is 58.0 cm³/mol. The summed E-state index contributed by atoms with van der Waals surface area (Å²) in [7, 11) is 0. The monoisotopic (exact) mass is 266 g/mol. The Balaban J connectivity index is 3.12. The van der Waals surface area contributed by atoms with E-state index in [1.165, 1.54) is 0 Å². The lowest BCUT2D eigenvalue weighted by atomic mass is 10.1. The van der Waals surface area contributed by atoms with E-state index in [-0.39, 0.29) is 5.38 Å². The summed E-state index contributed by atoms with van der Waals surface area (Å²) in [5, 5.41) is 0.722. The summed E-state index contributed by atoms with van der Waals surface area (Å²) in [6, 6.07) is 5.70. The van der Waals surface area contributed by atoms with Crippen molar-refractivity contribution in [3.05, 3.63) is 33.3 Å². The molecule has 0 aliphatic rings. The molecule has 0 nitrogen and oxygen atoms in total. The first-order chi connectivity index (χ1) is 5.66. The van der Waals surface area contributed by atoms with Gasteiger partial charge in [-0.2, -0.15) is 0 Å².